The number of ether oxygens (including phenoxy) is 1. The molecule has 0 saturated carbocycles. The zero-order valence-electron chi connectivity index (χ0n) is 20.9. The summed E-state index contributed by atoms with van der Waals surface area (Å²) >= 11 is 7.61. The van der Waals surface area contributed by atoms with Gasteiger partial charge in [-0.05, 0) is 31.7 Å². The molecular formula is C26H26ClF3N4O4S. The largest absolute Gasteiger partial charge is 0.481 e. The topological polar surface area (TPSA) is 104 Å². The Balaban J connectivity index is 1.58. The molecule has 208 valence electrons. The molecule has 13 heteroatoms. The molecule has 1 aromatic heterocycles. The lowest BCUT2D eigenvalue weighted by Gasteiger charge is -2.40. The number of aromatic nitrogens is 1. The van der Waals surface area contributed by atoms with Crippen LogP contribution in [0, 0.1) is 11.7 Å². The van der Waals surface area contributed by atoms with Gasteiger partial charge in [-0.2, -0.15) is 0 Å². The van der Waals surface area contributed by atoms with Gasteiger partial charge in [0.15, 0.2) is 10.8 Å². The summed E-state index contributed by atoms with van der Waals surface area (Å²) in [5, 5.41) is 14.4. The highest BCUT2D eigenvalue weighted by atomic mass is 35.5. The molecule has 2 saturated heterocycles. The average molecular weight is 583 g/mol. The van der Waals surface area contributed by atoms with Crippen LogP contribution in [0.2, 0.25) is 5.02 Å². The summed E-state index contributed by atoms with van der Waals surface area (Å²) in [7, 11) is 0. The molecule has 0 aliphatic carbocycles. The Morgan fingerprint density at radius 3 is 2.79 bits per heavy atom. The Kier molecular flexibility index (Phi) is 7.71. The summed E-state index contributed by atoms with van der Waals surface area (Å²) < 4.78 is 50.1. The predicted octanol–water partition coefficient (Wildman–Crippen LogP) is 4.81. The molecule has 8 nitrogen and oxygen atoms in total. The number of carboxylic acids is 1. The van der Waals surface area contributed by atoms with Gasteiger partial charge in [-0.15, -0.1) is 11.3 Å². The van der Waals surface area contributed by atoms with E-state index in [1.54, 1.807) is 29.5 Å². The predicted molar refractivity (Wildman–Crippen MR) is 138 cm³/mol. The van der Waals surface area contributed by atoms with Crippen LogP contribution in [0.15, 0.2) is 46.0 Å². The lowest BCUT2D eigenvalue weighted by molar-refractivity contribution is -0.140. The third-order valence-electron chi connectivity index (χ3n) is 7.36. The number of hydrogen-bond donors (Lipinski definition) is 2. The second-order valence-corrected chi connectivity index (χ2v) is 11.1. The van der Waals surface area contributed by atoms with Gasteiger partial charge in [0.25, 0.3) is 5.92 Å². The summed E-state index contributed by atoms with van der Waals surface area (Å²) in [6, 6.07) is 1.33. The Hall–Kier alpha value is -2.96. The minimum Gasteiger partial charge on any atom is -0.481 e. The molecule has 2 aromatic rings. The fourth-order valence-corrected chi connectivity index (χ4v) is 6.62. The number of aliphatic carboxylic acids is 1. The van der Waals surface area contributed by atoms with Gasteiger partial charge < -0.3 is 15.2 Å². The number of piperidine rings is 1. The molecular weight excluding hydrogens is 557 g/mol. The summed E-state index contributed by atoms with van der Waals surface area (Å²) in [5.74, 6) is -5.54. The van der Waals surface area contributed by atoms with E-state index in [2.05, 4.69) is 15.3 Å². The minimum absolute atomic E-state index is 0.0183. The first-order valence-electron chi connectivity index (χ1n) is 12.5. The van der Waals surface area contributed by atoms with E-state index in [0.717, 1.165) is 0 Å². The van der Waals surface area contributed by atoms with E-state index in [4.69, 9.17) is 16.3 Å². The molecule has 5 rings (SSSR count). The van der Waals surface area contributed by atoms with Crippen LogP contribution in [-0.2, 0) is 14.3 Å². The fraction of sp³-hybridized carbons (Fsp3) is 0.462. The number of fused-ring (bicyclic) bond motifs is 2. The number of nitrogens with one attached hydrogen (secondary N) is 1. The van der Waals surface area contributed by atoms with Gasteiger partial charge in [0.2, 0.25) is 0 Å². The number of carbonyl (C=O) groups is 2. The highest BCUT2D eigenvalue weighted by Crippen LogP contribution is 2.49. The number of carboxylic acid groups (broad SMARTS) is 1. The average Bonchev–Trinajstić information content (AvgIpc) is 3.45. The standard InChI is InChI=1S/C26H26ClF3N4O4S/c1-2-38-25(37)20-17(12-34-14-8-13(10-19(35)36)9-18(34)26(29,30)11-14)32-23(24-31-6-7-39-24)33-22(20)15-4-3-5-16(28)21(15)27/h3-7,13-14,18,22H,2,8-12H2,1H3,(H,32,33)(H,35,36)/t13-,14+,18-,22+/m1/s1. The molecule has 0 radical (unpaired) electrons. The van der Waals surface area contributed by atoms with Crippen LogP contribution in [-0.4, -0.2) is 63.9 Å². The molecule has 0 amide bonds. The van der Waals surface area contributed by atoms with Crippen LogP contribution < -0.4 is 5.32 Å². The van der Waals surface area contributed by atoms with Crippen LogP contribution in [0.4, 0.5) is 13.2 Å². The fourth-order valence-electron chi connectivity index (χ4n) is 5.80. The molecule has 3 aliphatic heterocycles. The minimum atomic E-state index is -3.02. The molecule has 2 bridgehead atoms. The van der Waals surface area contributed by atoms with Crippen LogP contribution in [0.25, 0.3) is 0 Å². The molecule has 1 aromatic carbocycles. The lowest BCUT2D eigenvalue weighted by atomic mass is 9.87. The Labute approximate surface area is 231 Å². The number of alkyl halides is 2. The number of aliphatic imine (C=N–C) groups is 1. The molecule has 4 atom stereocenters. The van der Waals surface area contributed by atoms with E-state index < -0.39 is 48.2 Å². The van der Waals surface area contributed by atoms with Crippen molar-refractivity contribution in [1.82, 2.24) is 15.2 Å². The first-order chi connectivity index (χ1) is 18.6. The zero-order chi connectivity index (χ0) is 27.9. The summed E-state index contributed by atoms with van der Waals surface area (Å²) in [5.41, 5.74) is 0.546. The Bertz CT molecular complexity index is 1340. The maximum atomic E-state index is 15.1. The van der Waals surface area contributed by atoms with Crippen molar-refractivity contribution in [3.8, 4) is 0 Å². The van der Waals surface area contributed by atoms with Crippen molar-refractivity contribution in [2.75, 3.05) is 13.2 Å². The summed E-state index contributed by atoms with van der Waals surface area (Å²) in [4.78, 5) is 35.2. The maximum Gasteiger partial charge on any atom is 0.338 e. The zero-order valence-corrected chi connectivity index (χ0v) is 22.4. The highest BCUT2D eigenvalue weighted by Gasteiger charge is 2.57. The Morgan fingerprint density at radius 1 is 1.33 bits per heavy atom. The maximum absolute atomic E-state index is 15.1. The molecule has 4 heterocycles. The first kappa shape index (κ1) is 27.6. The lowest BCUT2D eigenvalue weighted by Crippen LogP contribution is -2.50. The number of thiazole rings is 1. The molecule has 2 fully saturated rings. The number of carbonyl (C=O) groups excluding carboxylic acids is 1. The van der Waals surface area contributed by atoms with Crippen molar-refractivity contribution in [2.45, 2.75) is 56.7 Å². The van der Waals surface area contributed by atoms with Gasteiger partial charge in [0.1, 0.15) is 11.9 Å². The van der Waals surface area contributed by atoms with Crippen LogP contribution in [0.1, 0.15) is 49.2 Å². The monoisotopic (exact) mass is 582 g/mol. The van der Waals surface area contributed by atoms with Gasteiger partial charge in [0.05, 0.1) is 23.2 Å². The van der Waals surface area contributed by atoms with Gasteiger partial charge in [-0.1, -0.05) is 23.7 Å². The molecule has 3 aliphatic rings. The number of nitrogens with zero attached hydrogens (tertiary/aromatic N) is 3. The van der Waals surface area contributed by atoms with Gasteiger partial charge >= 0.3 is 11.9 Å². The number of halogens is 4. The number of benzene rings is 1. The SMILES string of the molecule is CCOC(=O)C1=C(CN2[C@H]3C[C@@H](CC(=O)O)C[C@@H]2C(F)(F)C3)NC(c2nccs2)=N[C@H]1c1cccc(F)c1Cl. The smallest absolute Gasteiger partial charge is 0.338 e. The van der Waals surface area contributed by atoms with E-state index in [1.807, 2.05) is 0 Å². The normalized spacial score (nSPS) is 26.2. The van der Waals surface area contributed by atoms with E-state index in [-0.39, 0.29) is 53.8 Å². The second-order valence-electron chi connectivity index (χ2n) is 9.84. The third kappa shape index (κ3) is 5.42. The molecule has 0 spiro atoms. The number of amidine groups is 1. The van der Waals surface area contributed by atoms with E-state index in [0.29, 0.717) is 17.3 Å². The van der Waals surface area contributed by atoms with Crippen molar-refractivity contribution < 1.29 is 32.6 Å². The number of rotatable bonds is 8. The molecule has 39 heavy (non-hydrogen) atoms. The first-order valence-corrected chi connectivity index (χ1v) is 13.8. The van der Waals surface area contributed by atoms with Crippen molar-refractivity contribution >= 4 is 40.7 Å². The summed E-state index contributed by atoms with van der Waals surface area (Å²) in [6.45, 7) is 1.61. The van der Waals surface area contributed by atoms with Gasteiger partial charge in [-0.3, -0.25) is 14.7 Å². The van der Waals surface area contributed by atoms with Gasteiger partial charge in [-0.25, -0.2) is 22.9 Å². The summed E-state index contributed by atoms with van der Waals surface area (Å²) in [6.07, 6.45) is 1.32. The van der Waals surface area contributed by atoms with Crippen LogP contribution in [0.3, 0.4) is 0 Å². The van der Waals surface area contributed by atoms with Gasteiger partial charge in [0, 0.05) is 48.3 Å². The van der Waals surface area contributed by atoms with E-state index in [1.165, 1.54) is 23.5 Å². The number of hydrogen-bond acceptors (Lipinski definition) is 8. The molecule has 2 N–H and O–H groups in total. The molecule has 0 unspecified atom stereocenters. The quantitative estimate of drug-likeness (QED) is 0.431. The highest BCUT2D eigenvalue weighted by molar-refractivity contribution is 7.11. The van der Waals surface area contributed by atoms with Crippen molar-refractivity contribution in [1.29, 1.82) is 0 Å². The van der Waals surface area contributed by atoms with E-state index >= 15 is 8.78 Å². The van der Waals surface area contributed by atoms with Crippen molar-refractivity contribution in [2.24, 2.45) is 10.9 Å². The van der Waals surface area contributed by atoms with Crippen molar-refractivity contribution in [3.63, 3.8) is 0 Å². The number of esters is 1. The van der Waals surface area contributed by atoms with E-state index in [9.17, 15) is 19.1 Å². The second kappa shape index (κ2) is 10.9. The van der Waals surface area contributed by atoms with Crippen LogP contribution >= 0.6 is 22.9 Å². The Morgan fingerprint density at radius 2 is 2.13 bits per heavy atom. The van der Waals surface area contributed by atoms with Crippen LogP contribution in [0.5, 0.6) is 0 Å². The third-order valence-corrected chi connectivity index (χ3v) is 8.54. The van der Waals surface area contributed by atoms with Crippen molar-refractivity contribution in [3.05, 3.63) is 62.5 Å².